The van der Waals surface area contributed by atoms with Crippen molar-refractivity contribution in [2.75, 3.05) is 13.2 Å². The molecule has 0 bridgehead atoms. The SMILES string of the molecule is CCOC(=O)CCNC(=O)C(c1cccc(C)c1)N(C(=O)C(NC(=O)OC(C)(C)C)C(C)CC)C(C)(C)CC. The Bertz CT molecular complexity index is 985. The third-order valence-corrected chi connectivity index (χ3v) is 6.70. The minimum absolute atomic E-state index is 0.0148. The molecule has 9 heteroatoms. The van der Waals surface area contributed by atoms with Gasteiger partial charge in [0.1, 0.15) is 17.7 Å². The Balaban J connectivity index is 3.58. The van der Waals surface area contributed by atoms with Gasteiger partial charge in [0.25, 0.3) is 0 Å². The summed E-state index contributed by atoms with van der Waals surface area (Å²) < 4.78 is 10.4. The lowest BCUT2D eigenvalue weighted by atomic mass is 9.89. The van der Waals surface area contributed by atoms with E-state index < -0.39 is 41.2 Å². The average Bonchev–Trinajstić information content (AvgIpc) is 2.83. The van der Waals surface area contributed by atoms with Gasteiger partial charge >= 0.3 is 12.1 Å². The van der Waals surface area contributed by atoms with Crippen molar-refractivity contribution in [1.29, 1.82) is 0 Å². The maximum Gasteiger partial charge on any atom is 0.408 e. The lowest BCUT2D eigenvalue weighted by Crippen LogP contribution is -2.60. The predicted octanol–water partition coefficient (Wildman–Crippen LogP) is 5.06. The summed E-state index contributed by atoms with van der Waals surface area (Å²) in [5.41, 5.74) is 0.0755. The summed E-state index contributed by atoms with van der Waals surface area (Å²) in [6.45, 7) is 18.8. The fourth-order valence-corrected chi connectivity index (χ4v) is 4.09. The van der Waals surface area contributed by atoms with Gasteiger partial charge in [-0.3, -0.25) is 14.4 Å². The first-order chi connectivity index (χ1) is 18.1. The van der Waals surface area contributed by atoms with Crippen LogP contribution in [0.25, 0.3) is 0 Å². The summed E-state index contributed by atoms with van der Waals surface area (Å²) in [6, 6.07) is 5.53. The molecule has 1 aromatic rings. The minimum Gasteiger partial charge on any atom is -0.466 e. The number of benzene rings is 1. The van der Waals surface area contributed by atoms with Crippen LogP contribution in [-0.2, 0) is 23.9 Å². The van der Waals surface area contributed by atoms with Crippen molar-refractivity contribution >= 4 is 23.9 Å². The standard InChI is InChI=1S/C30H49N3O6/c1-11-21(5)24(32-28(37)39-29(6,7)8)27(36)33(30(9,10)12-2)25(22-16-14-15-20(4)19-22)26(35)31-18-17-23(34)38-13-3/h14-16,19,21,24-25H,11-13,17-18H2,1-10H3,(H,31,35)(H,32,37). The van der Waals surface area contributed by atoms with Crippen molar-refractivity contribution in [2.45, 2.75) is 112 Å². The second-order valence-corrected chi connectivity index (χ2v) is 11.5. The van der Waals surface area contributed by atoms with E-state index in [4.69, 9.17) is 9.47 Å². The van der Waals surface area contributed by atoms with E-state index in [9.17, 15) is 19.2 Å². The average molecular weight is 548 g/mol. The van der Waals surface area contributed by atoms with E-state index in [0.717, 1.165) is 5.56 Å². The highest BCUT2D eigenvalue weighted by molar-refractivity contribution is 5.93. The monoisotopic (exact) mass is 547 g/mol. The second-order valence-electron chi connectivity index (χ2n) is 11.5. The number of nitrogens with zero attached hydrogens (tertiary/aromatic N) is 1. The van der Waals surface area contributed by atoms with E-state index in [1.165, 1.54) is 0 Å². The zero-order chi connectivity index (χ0) is 30.0. The van der Waals surface area contributed by atoms with Crippen molar-refractivity contribution in [2.24, 2.45) is 5.92 Å². The summed E-state index contributed by atoms with van der Waals surface area (Å²) in [5.74, 6) is -1.44. The first-order valence-electron chi connectivity index (χ1n) is 13.9. The van der Waals surface area contributed by atoms with Crippen molar-refractivity contribution in [3.63, 3.8) is 0 Å². The molecule has 0 fully saturated rings. The van der Waals surface area contributed by atoms with Crippen molar-refractivity contribution in [3.05, 3.63) is 35.4 Å². The summed E-state index contributed by atoms with van der Waals surface area (Å²) in [4.78, 5) is 54.5. The molecule has 1 aromatic carbocycles. The molecule has 3 amide bonds. The molecule has 0 aliphatic heterocycles. The number of hydrogen-bond acceptors (Lipinski definition) is 6. The zero-order valence-corrected chi connectivity index (χ0v) is 25.5. The van der Waals surface area contributed by atoms with E-state index in [-0.39, 0.29) is 31.4 Å². The Kier molecular flexibility index (Phi) is 13.0. The molecule has 0 radical (unpaired) electrons. The maximum atomic E-state index is 14.4. The number of esters is 1. The van der Waals surface area contributed by atoms with Crippen LogP contribution < -0.4 is 10.6 Å². The Hall–Kier alpha value is -3.10. The molecular formula is C30H49N3O6. The fraction of sp³-hybridized carbons (Fsp3) is 0.667. The number of rotatable bonds is 13. The molecule has 0 heterocycles. The van der Waals surface area contributed by atoms with Gasteiger partial charge in [-0.2, -0.15) is 0 Å². The summed E-state index contributed by atoms with van der Waals surface area (Å²) in [5, 5.41) is 5.61. The van der Waals surface area contributed by atoms with Crippen LogP contribution in [-0.4, -0.2) is 59.1 Å². The van der Waals surface area contributed by atoms with Crippen LogP contribution in [0.1, 0.15) is 98.7 Å². The van der Waals surface area contributed by atoms with Gasteiger partial charge in [-0.05, 0) is 66.4 Å². The molecule has 0 spiro atoms. The van der Waals surface area contributed by atoms with E-state index >= 15 is 0 Å². The van der Waals surface area contributed by atoms with E-state index in [2.05, 4.69) is 10.6 Å². The highest BCUT2D eigenvalue weighted by Gasteiger charge is 2.44. The topological polar surface area (TPSA) is 114 Å². The Labute approximate surface area is 234 Å². The van der Waals surface area contributed by atoms with Crippen LogP contribution in [0.5, 0.6) is 0 Å². The quantitative estimate of drug-likeness (QED) is 0.334. The number of amides is 3. The van der Waals surface area contributed by atoms with E-state index in [1.807, 2.05) is 65.8 Å². The molecule has 9 nitrogen and oxygen atoms in total. The first-order valence-corrected chi connectivity index (χ1v) is 13.9. The van der Waals surface area contributed by atoms with Gasteiger partial charge in [-0.25, -0.2) is 4.79 Å². The summed E-state index contributed by atoms with van der Waals surface area (Å²) >= 11 is 0. The molecule has 0 aromatic heterocycles. The van der Waals surface area contributed by atoms with Crippen LogP contribution in [0.4, 0.5) is 4.79 Å². The van der Waals surface area contributed by atoms with Gasteiger partial charge in [-0.1, -0.05) is 57.0 Å². The van der Waals surface area contributed by atoms with E-state index in [1.54, 1.807) is 32.6 Å². The molecule has 0 aliphatic rings. The molecule has 220 valence electrons. The van der Waals surface area contributed by atoms with Gasteiger partial charge in [0.2, 0.25) is 11.8 Å². The second kappa shape index (κ2) is 14.9. The first kappa shape index (κ1) is 33.9. The van der Waals surface area contributed by atoms with Gasteiger partial charge in [0.05, 0.1) is 13.0 Å². The molecule has 1 rings (SSSR count). The smallest absolute Gasteiger partial charge is 0.408 e. The zero-order valence-electron chi connectivity index (χ0n) is 25.5. The molecule has 0 aliphatic carbocycles. The lowest BCUT2D eigenvalue weighted by Gasteiger charge is -2.45. The van der Waals surface area contributed by atoms with E-state index in [0.29, 0.717) is 18.4 Å². The van der Waals surface area contributed by atoms with Gasteiger partial charge < -0.3 is 25.0 Å². The number of aryl methyl sites for hydroxylation is 1. The highest BCUT2D eigenvalue weighted by atomic mass is 16.6. The van der Waals surface area contributed by atoms with Crippen LogP contribution >= 0.6 is 0 Å². The Morgan fingerprint density at radius 3 is 2.18 bits per heavy atom. The third kappa shape index (κ3) is 10.5. The van der Waals surface area contributed by atoms with Crippen LogP contribution in [0.2, 0.25) is 0 Å². The highest BCUT2D eigenvalue weighted by Crippen LogP contribution is 2.33. The number of nitrogens with one attached hydrogen (secondary N) is 2. The van der Waals surface area contributed by atoms with Gasteiger partial charge in [0.15, 0.2) is 0 Å². The molecule has 0 saturated carbocycles. The van der Waals surface area contributed by atoms with Gasteiger partial charge in [0, 0.05) is 12.1 Å². The Morgan fingerprint density at radius 1 is 1.03 bits per heavy atom. The number of alkyl carbamates (subject to hydrolysis) is 1. The molecule has 3 unspecified atom stereocenters. The molecular weight excluding hydrogens is 498 g/mol. The summed E-state index contributed by atoms with van der Waals surface area (Å²) in [6.07, 6.45) is 0.493. The molecule has 39 heavy (non-hydrogen) atoms. The Morgan fingerprint density at radius 2 is 1.67 bits per heavy atom. The predicted molar refractivity (Wildman–Crippen MR) is 152 cm³/mol. The molecule has 3 atom stereocenters. The lowest BCUT2D eigenvalue weighted by molar-refractivity contribution is -0.150. The molecule has 0 saturated heterocycles. The fourth-order valence-electron chi connectivity index (χ4n) is 4.09. The van der Waals surface area contributed by atoms with Crippen LogP contribution in [0.15, 0.2) is 24.3 Å². The summed E-state index contributed by atoms with van der Waals surface area (Å²) in [7, 11) is 0. The number of carbonyl (C=O) groups is 4. The maximum absolute atomic E-state index is 14.4. The normalized spacial score (nSPS) is 14.0. The molecule has 2 N–H and O–H groups in total. The van der Waals surface area contributed by atoms with Crippen LogP contribution in [0, 0.1) is 12.8 Å². The number of ether oxygens (including phenoxy) is 2. The van der Waals surface area contributed by atoms with Crippen molar-refractivity contribution < 1.29 is 28.7 Å². The number of carbonyl (C=O) groups excluding carboxylic acids is 4. The number of hydrogen-bond donors (Lipinski definition) is 2. The van der Waals surface area contributed by atoms with Crippen LogP contribution in [0.3, 0.4) is 0 Å². The largest absolute Gasteiger partial charge is 0.466 e. The minimum atomic E-state index is -0.999. The van der Waals surface area contributed by atoms with Gasteiger partial charge in [-0.15, -0.1) is 0 Å². The van der Waals surface area contributed by atoms with Crippen molar-refractivity contribution in [3.8, 4) is 0 Å². The third-order valence-electron chi connectivity index (χ3n) is 6.70. The van der Waals surface area contributed by atoms with Crippen molar-refractivity contribution in [1.82, 2.24) is 15.5 Å².